The lowest BCUT2D eigenvalue weighted by Gasteiger charge is -2.29. The van der Waals surface area contributed by atoms with Crippen molar-refractivity contribution in [1.29, 1.82) is 0 Å². The lowest BCUT2D eigenvalue weighted by atomic mass is 10.1. The Hall–Kier alpha value is -0.650. The molecule has 2 aromatic rings. The van der Waals surface area contributed by atoms with Gasteiger partial charge in [0.1, 0.15) is 0 Å². The highest BCUT2D eigenvalue weighted by atomic mass is 79.9. The van der Waals surface area contributed by atoms with Gasteiger partial charge in [0.25, 0.3) is 0 Å². The Morgan fingerprint density at radius 2 is 2.05 bits per heavy atom. The first-order valence-electron chi connectivity index (χ1n) is 7.27. The number of nitrogens with one attached hydrogen (secondary N) is 1. The smallest absolute Gasteiger partial charge is 0.178 e. The minimum Gasteiger partial charge on any atom is -0.331 e. The normalized spacial score (nSPS) is 18.5. The number of hydrogen-bond acceptors (Lipinski definition) is 2. The Balaban J connectivity index is 1.88. The molecule has 3 nitrogen and oxygen atoms in total. The van der Waals surface area contributed by atoms with E-state index in [9.17, 15) is 0 Å². The van der Waals surface area contributed by atoms with Crippen LogP contribution in [0.2, 0.25) is 0 Å². The second-order valence-electron chi connectivity index (χ2n) is 5.67. The van der Waals surface area contributed by atoms with Crippen molar-refractivity contribution in [2.75, 3.05) is 19.6 Å². The third-order valence-electron chi connectivity index (χ3n) is 4.09. The van der Waals surface area contributed by atoms with Crippen LogP contribution in [-0.4, -0.2) is 34.1 Å². The minimum atomic E-state index is 0.399. The highest BCUT2D eigenvalue weighted by molar-refractivity contribution is 9.10. The Morgan fingerprint density at radius 3 is 2.80 bits per heavy atom. The minimum absolute atomic E-state index is 0.399. The maximum Gasteiger partial charge on any atom is 0.178 e. The number of likely N-dealkylation sites (tertiary alicyclic amines) is 1. The summed E-state index contributed by atoms with van der Waals surface area (Å²) in [6.45, 7) is 5.80. The molecule has 0 aliphatic carbocycles. The summed E-state index contributed by atoms with van der Waals surface area (Å²) in [4.78, 5) is 5.88. The SMILES string of the molecule is CC(CN1CCCCC1)n1c(=S)[nH]c2cc(Br)ccc21. The van der Waals surface area contributed by atoms with Gasteiger partial charge in [-0.05, 0) is 63.3 Å². The van der Waals surface area contributed by atoms with Gasteiger partial charge < -0.3 is 14.5 Å². The van der Waals surface area contributed by atoms with Crippen LogP contribution in [0.15, 0.2) is 22.7 Å². The van der Waals surface area contributed by atoms with E-state index in [-0.39, 0.29) is 0 Å². The van der Waals surface area contributed by atoms with Crippen molar-refractivity contribution in [3.63, 3.8) is 0 Å². The molecular formula is C15H20BrN3S. The number of rotatable bonds is 3. The van der Waals surface area contributed by atoms with Crippen LogP contribution in [-0.2, 0) is 0 Å². The first kappa shape index (κ1) is 14.3. The van der Waals surface area contributed by atoms with Gasteiger partial charge >= 0.3 is 0 Å². The molecule has 1 aliphatic heterocycles. The van der Waals surface area contributed by atoms with Gasteiger partial charge in [-0.2, -0.15) is 0 Å². The molecule has 5 heteroatoms. The molecule has 3 rings (SSSR count). The summed E-state index contributed by atoms with van der Waals surface area (Å²) in [5.41, 5.74) is 2.30. The average molecular weight is 354 g/mol. The molecule has 2 heterocycles. The van der Waals surface area contributed by atoms with Crippen LogP contribution in [0.1, 0.15) is 32.2 Å². The van der Waals surface area contributed by atoms with Gasteiger partial charge in [-0.25, -0.2) is 0 Å². The molecule has 0 radical (unpaired) electrons. The topological polar surface area (TPSA) is 24.0 Å². The van der Waals surface area contributed by atoms with Gasteiger partial charge in [0.15, 0.2) is 4.77 Å². The van der Waals surface area contributed by atoms with Crippen molar-refractivity contribution in [1.82, 2.24) is 14.5 Å². The number of piperidine rings is 1. The highest BCUT2D eigenvalue weighted by Gasteiger charge is 2.17. The molecule has 1 aromatic carbocycles. The summed E-state index contributed by atoms with van der Waals surface area (Å²) in [5.74, 6) is 0. The van der Waals surface area contributed by atoms with Crippen molar-refractivity contribution in [2.45, 2.75) is 32.2 Å². The Kier molecular flexibility index (Phi) is 4.29. The molecule has 1 saturated heterocycles. The molecular weight excluding hydrogens is 334 g/mol. The van der Waals surface area contributed by atoms with E-state index < -0.39 is 0 Å². The lowest BCUT2D eigenvalue weighted by molar-refractivity contribution is 0.202. The molecule has 1 atom stereocenters. The third-order valence-corrected chi connectivity index (χ3v) is 4.88. The quantitative estimate of drug-likeness (QED) is 0.820. The second-order valence-corrected chi connectivity index (χ2v) is 6.97. The molecule has 1 unspecified atom stereocenters. The van der Waals surface area contributed by atoms with E-state index in [4.69, 9.17) is 12.2 Å². The van der Waals surface area contributed by atoms with Gasteiger partial charge in [-0.15, -0.1) is 0 Å². The van der Waals surface area contributed by atoms with Gasteiger partial charge in [-0.3, -0.25) is 0 Å². The molecule has 0 spiro atoms. The summed E-state index contributed by atoms with van der Waals surface area (Å²) >= 11 is 9.03. The molecule has 0 saturated carbocycles. The Bertz CT molecular complexity index is 655. The van der Waals surface area contributed by atoms with E-state index >= 15 is 0 Å². The number of fused-ring (bicyclic) bond motifs is 1. The van der Waals surface area contributed by atoms with Crippen molar-refractivity contribution >= 4 is 39.2 Å². The van der Waals surface area contributed by atoms with Crippen molar-refractivity contribution in [2.24, 2.45) is 0 Å². The summed E-state index contributed by atoms with van der Waals surface area (Å²) < 4.78 is 4.16. The van der Waals surface area contributed by atoms with E-state index in [1.807, 2.05) is 0 Å². The average Bonchev–Trinajstić information content (AvgIpc) is 2.74. The van der Waals surface area contributed by atoms with Crippen LogP contribution in [0, 0.1) is 4.77 Å². The standard InChI is InChI=1S/C15H20BrN3S/c1-11(10-18-7-3-2-4-8-18)19-14-6-5-12(16)9-13(14)17-15(19)20/h5-6,9,11H,2-4,7-8,10H2,1H3,(H,17,20). The van der Waals surface area contributed by atoms with Gasteiger partial charge in [-0.1, -0.05) is 22.4 Å². The maximum atomic E-state index is 5.51. The van der Waals surface area contributed by atoms with Crippen molar-refractivity contribution in [3.05, 3.63) is 27.4 Å². The van der Waals surface area contributed by atoms with Crippen LogP contribution in [0.25, 0.3) is 11.0 Å². The van der Waals surface area contributed by atoms with E-state index in [0.717, 1.165) is 21.3 Å². The van der Waals surface area contributed by atoms with Crippen LogP contribution >= 0.6 is 28.1 Å². The van der Waals surface area contributed by atoms with Crippen LogP contribution in [0.4, 0.5) is 0 Å². The van der Waals surface area contributed by atoms with Crippen molar-refractivity contribution in [3.8, 4) is 0 Å². The number of halogens is 1. The molecule has 1 fully saturated rings. The van der Waals surface area contributed by atoms with Crippen LogP contribution in [0.5, 0.6) is 0 Å². The Morgan fingerprint density at radius 1 is 1.30 bits per heavy atom. The van der Waals surface area contributed by atoms with Crippen LogP contribution in [0.3, 0.4) is 0 Å². The van der Waals surface area contributed by atoms with Gasteiger partial charge in [0, 0.05) is 17.1 Å². The molecule has 108 valence electrons. The van der Waals surface area contributed by atoms with E-state index in [0.29, 0.717) is 6.04 Å². The van der Waals surface area contributed by atoms with Gasteiger partial charge in [0.05, 0.1) is 11.0 Å². The fourth-order valence-electron chi connectivity index (χ4n) is 3.14. The number of hydrogen-bond donors (Lipinski definition) is 1. The zero-order valence-electron chi connectivity index (χ0n) is 11.7. The molecule has 20 heavy (non-hydrogen) atoms. The predicted octanol–water partition coefficient (Wildman–Crippen LogP) is 4.51. The zero-order valence-corrected chi connectivity index (χ0v) is 14.1. The largest absolute Gasteiger partial charge is 0.331 e. The number of imidazole rings is 1. The van der Waals surface area contributed by atoms with E-state index in [1.165, 1.54) is 37.9 Å². The van der Waals surface area contributed by atoms with Crippen LogP contribution < -0.4 is 0 Å². The molecule has 1 aromatic heterocycles. The molecule has 0 bridgehead atoms. The summed E-state index contributed by atoms with van der Waals surface area (Å²) in [6, 6.07) is 6.71. The first-order chi connectivity index (χ1) is 9.65. The predicted molar refractivity (Wildman–Crippen MR) is 89.8 cm³/mol. The van der Waals surface area contributed by atoms with Gasteiger partial charge in [0.2, 0.25) is 0 Å². The Labute approximate surface area is 133 Å². The highest BCUT2D eigenvalue weighted by Crippen LogP contribution is 2.23. The van der Waals surface area contributed by atoms with E-state index in [2.05, 4.69) is 55.5 Å². The maximum absolute atomic E-state index is 5.51. The summed E-state index contributed by atoms with van der Waals surface area (Å²) in [7, 11) is 0. The fraction of sp³-hybridized carbons (Fsp3) is 0.533. The number of aromatic nitrogens is 2. The summed E-state index contributed by atoms with van der Waals surface area (Å²) in [6.07, 6.45) is 4.04. The monoisotopic (exact) mass is 353 g/mol. The second kappa shape index (κ2) is 6.00. The third kappa shape index (κ3) is 2.85. The molecule has 1 N–H and O–H groups in total. The van der Waals surface area contributed by atoms with E-state index in [1.54, 1.807) is 0 Å². The molecule has 1 aliphatic rings. The number of benzene rings is 1. The first-order valence-corrected chi connectivity index (χ1v) is 8.47. The molecule has 0 amide bonds. The number of nitrogens with zero attached hydrogens (tertiary/aromatic N) is 2. The zero-order chi connectivity index (χ0) is 14.1. The summed E-state index contributed by atoms with van der Waals surface area (Å²) in [5, 5.41) is 0. The lowest BCUT2D eigenvalue weighted by Crippen LogP contribution is -2.34. The number of H-pyrrole nitrogens is 1. The number of aromatic amines is 1. The van der Waals surface area contributed by atoms with Crippen molar-refractivity contribution < 1.29 is 0 Å². The fourth-order valence-corrected chi connectivity index (χ4v) is 3.89.